The van der Waals surface area contributed by atoms with Gasteiger partial charge in [0.05, 0.1) is 4.91 Å². The second kappa shape index (κ2) is 4.88. The Balaban J connectivity index is 2.29. The molecule has 88 valence electrons. The summed E-state index contributed by atoms with van der Waals surface area (Å²) in [5.41, 5.74) is 1.05. The third-order valence-corrected chi connectivity index (χ3v) is 3.94. The molecule has 1 aliphatic rings. The molecule has 3 heteroatoms. The SMILES string of the molecule is CC(C)CSC1=CC(=O)c2ccccc2C1=O. The van der Waals surface area contributed by atoms with Gasteiger partial charge in [-0.2, -0.15) is 0 Å². The van der Waals surface area contributed by atoms with E-state index >= 15 is 0 Å². The maximum Gasteiger partial charge on any atom is 0.200 e. The van der Waals surface area contributed by atoms with Crippen LogP contribution >= 0.6 is 11.8 Å². The molecule has 0 amide bonds. The van der Waals surface area contributed by atoms with Crippen molar-refractivity contribution in [1.82, 2.24) is 0 Å². The number of benzene rings is 1. The highest BCUT2D eigenvalue weighted by atomic mass is 32.2. The molecule has 0 N–H and O–H groups in total. The summed E-state index contributed by atoms with van der Waals surface area (Å²) in [6.45, 7) is 4.19. The first-order chi connectivity index (χ1) is 8.09. The lowest BCUT2D eigenvalue weighted by atomic mass is 9.95. The minimum Gasteiger partial charge on any atom is -0.289 e. The number of ketones is 2. The number of thioether (sulfide) groups is 1. The van der Waals surface area contributed by atoms with Gasteiger partial charge in [-0.3, -0.25) is 9.59 Å². The number of carbonyl (C=O) groups excluding carboxylic acids is 2. The smallest absolute Gasteiger partial charge is 0.200 e. The van der Waals surface area contributed by atoms with Crippen molar-refractivity contribution in [3.8, 4) is 0 Å². The summed E-state index contributed by atoms with van der Waals surface area (Å²) in [6.07, 6.45) is 1.47. The zero-order valence-corrected chi connectivity index (χ0v) is 10.7. The zero-order valence-electron chi connectivity index (χ0n) is 9.90. The van der Waals surface area contributed by atoms with E-state index in [2.05, 4.69) is 13.8 Å². The minimum atomic E-state index is -0.0635. The second-order valence-electron chi connectivity index (χ2n) is 4.45. The Kier molecular flexibility index (Phi) is 3.48. The maximum atomic E-state index is 12.1. The third kappa shape index (κ3) is 2.50. The molecule has 0 radical (unpaired) electrons. The van der Waals surface area contributed by atoms with E-state index in [1.54, 1.807) is 24.3 Å². The number of carbonyl (C=O) groups is 2. The van der Waals surface area contributed by atoms with Gasteiger partial charge in [-0.25, -0.2) is 0 Å². The zero-order chi connectivity index (χ0) is 12.4. The van der Waals surface area contributed by atoms with Crippen LogP contribution < -0.4 is 0 Å². The van der Waals surface area contributed by atoms with Crippen LogP contribution in [0.5, 0.6) is 0 Å². The monoisotopic (exact) mass is 246 g/mol. The average Bonchev–Trinajstić information content (AvgIpc) is 2.32. The van der Waals surface area contributed by atoms with Gasteiger partial charge in [0.1, 0.15) is 0 Å². The molecule has 0 spiro atoms. The van der Waals surface area contributed by atoms with Gasteiger partial charge in [-0.05, 0) is 5.92 Å². The third-order valence-electron chi connectivity index (χ3n) is 2.50. The fourth-order valence-electron chi connectivity index (χ4n) is 1.65. The van der Waals surface area contributed by atoms with Crippen LogP contribution in [0.4, 0.5) is 0 Å². The molecular formula is C14H14O2S. The molecule has 2 rings (SSSR count). The van der Waals surface area contributed by atoms with Crippen molar-refractivity contribution in [1.29, 1.82) is 0 Å². The van der Waals surface area contributed by atoms with Crippen LogP contribution in [0.25, 0.3) is 0 Å². The molecule has 0 aliphatic heterocycles. The normalized spacial score (nSPS) is 14.9. The van der Waals surface area contributed by atoms with Crippen LogP contribution in [0, 0.1) is 5.92 Å². The lowest BCUT2D eigenvalue weighted by Crippen LogP contribution is -2.15. The topological polar surface area (TPSA) is 34.1 Å². The number of allylic oxidation sites excluding steroid dienone is 2. The standard InChI is InChI=1S/C14H14O2S/c1-9(2)8-17-13-7-12(15)10-5-3-4-6-11(10)14(13)16/h3-7,9H,8H2,1-2H3. The van der Waals surface area contributed by atoms with Gasteiger partial charge in [0.25, 0.3) is 0 Å². The number of hydrogen-bond acceptors (Lipinski definition) is 3. The predicted octanol–water partition coefficient (Wildman–Crippen LogP) is 3.34. The van der Waals surface area contributed by atoms with Gasteiger partial charge in [-0.15, -0.1) is 11.8 Å². The molecule has 1 aromatic rings. The quantitative estimate of drug-likeness (QED) is 0.820. The molecule has 0 bridgehead atoms. The van der Waals surface area contributed by atoms with Gasteiger partial charge in [0, 0.05) is 23.0 Å². The summed E-state index contributed by atoms with van der Waals surface area (Å²) in [5.74, 6) is 1.27. The summed E-state index contributed by atoms with van der Waals surface area (Å²) in [4.78, 5) is 24.5. The minimum absolute atomic E-state index is 0.0224. The summed E-state index contributed by atoms with van der Waals surface area (Å²) in [7, 11) is 0. The van der Waals surface area contributed by atoms with E-state index in [-0.39, 0.29) is 11.6 Å². The van der Waals surface area contributed by atoms with Gasteiger partial charge in [-0.1, -0.05) is 38.1 Å². The molecule has 0 heterocycles. The average molecular weight is 246 g/mol. The predicted molar refractivity (Wildman–Crippen MR) is 70.5 cm³/mol. The Hall–Kier alpha value is -1.35. The fraction of sp³-hybridized carbons (Fsp3) is 0.286. The van der Waals surface area contributed by atoms with Gasteiger partial charge in [0.15, 0.2) is 11.6 Å². The van der Waals surface area contributed by atoms with Gasteiger partial charge >= 0.3 is 0 Å². The molecule has 2 nitrogen and oxygen atoms in total. The maximum absolute atomic E-state index is 12.1. The summed E-state index contributed by atoms with van der Waals surface area (Å²) in [5, 5.41) is 0. The first kappa shape index (κ1) is 12.1. The van der Waals surface area contributed by atoms with Crippen LogP contribution in [0.15, 0.2) is 35.2 Å². The van der Waals surface area contributed by atoms with E-state index in [0.29, 0.717) is 21.9 Å². The van der Waals surface area contributed by atoms with Crippen molar-refractivity contribution >= 4 is 23.3 Å². The van der Waals surface area contributed by atoms with Crippen LogP contribution in [-0.4, -0.2) is 17.3 Å². The Morgan fingerprint density at radius 3 is 2.41 bits per heavy atom. The molecule has 0 atom stereocenters. The Morgan fingerprint density at radius 2 is 1.76 bits per heavy atom. The lowest BCUT2D eigenvalue weighted by molar-refractivity contribution is 0.0991. The van der Waals surface area contributed by atoms with Gasteiger partial charge < -0.3 is 0 Å². The summed E-state index contributed by atoms with van der Waals surface area (Å²) in [6, 6.07) is 7.00. The van der Waals surface area contributed by atoms with Crippen LogP contribution in [0.2, 0.25) is 0 Å². The Morgan fingerprint density at radius 1 is 1.12 bits per heavy atom. The fourth-order valence-corrected chi connectivity index (χ4v) is 2.60. The van der Waals surface area contributed by atoms with E-state index in [0.717, 1.165) is 5.75 Å². The van der Waals surface area contributed by atoms with Crippen LogP contribution in [-0.2, 0) is 0 Å². The number of hydrogen-bond donors (Lipinski definition) is 0. The van der Waals surface area contributed by atoms with Crippen molar-refractivity contribution in [3.05, 3.63) is 46.4 Å². The van der Waals surface area contributed by atoms with Crippen molar-refractivity contribution in [2.45, 2.75) is 13.8 Å². The van der Waals surface area contributed by atoms with Gasteiger partial charge in [0.2, 0.25) is 0 Å². The van der Waals surface area contributed by atoms with Crippen LogP contribution in [0.1, 0.15) is 34.6 Å². The first-order valence-electron chi connectivity index (χ1n) is 5.62. The number of Topliss-reactive ketones (excluding diaryl/α,β-unsaturated/α-hetero) is 1. The highest BCUT2D eigenvalue weighted by Gasteiger charge is 2.25. The van der Waals surface area contributed by atoms with Crippen molar-refractivity contribution in [2.75, 3.05) is 5.75 Å². The summed E-state index contributed by atoms with van der Waals surface area (Å²) < 4.78 is 0. The molecule has 0 saturated heterocycles. The Labute approximate surface area is 105 Å². The molecule has 0 aromatic heterocycles. The van der Waals surface area contributed by atoms with E-state index in [4.69, 9.17) is 0 Å². The first-order valence-corrected chi connectivity index (χ1v) is 6.60. The number of rotatable bonds is 3. The lowest BCUT2D eigenvalue weighted by Gasteiger charge is -2.14. The largest absolute Gasteiger partial charge is 0.289 e. The second-order valence-corrected chi connectivity index (χ2v) is 5.51. The molecular weight excluding hydrogens is 232 g/mol. The molecule has 0 unspecified atom stereocenters. The van der Waals surface area contributed by atoms with E-state index in [9.17, 15) is 9.59 Å². The molecule has 0 saturated carbocycles. The molecule has 1 aromatic carbocycles. The van der Waals surface area contributed by atoms with Crippen LogP contribution in [0.3, 0.4) is 0 Å². The van der Waals surface area contributed by atoms with Crippen molar-refractivity contribution < 1.29 is 9.59 Å². The highest BCUT2D eigenvalue weighted by molar-refractivity contribution is 8.04. The van der Waals surface area contributed by atoms with E-state index in [1.807, 2.05) is 0 Å². The highest BCUT2D eigenvalue weighted by Crippen LogP contribution is 2.29. The van der Waals surface area contributed by atoms with Crippen molar-refractivity contribution in [2.24, 2.45) is 5.92 Å². The molecule has 1 aliphatic carbocycles. The molecule has 0 fully saturated rings. The Bertz CT molecular complexity index is 501. The van der Waals surface area contributed by atoms with Crippen molar-refractivity contribution in [3.63, 3.8) is 0 Å². The number of fused-ring (bicyclic) bond motifs is 1. The molecule has 17 heavy (non-hydrogen) atoms. The summed E-state index contributed by atoms with van der Waals surface area (Å²) >= 11 is 1.47. The van der Waals surface area contributed by atoms with E-state index in [1.165, 1.54) is 17.8 Å². The van der Waals surface area contributed by atoms with E-state index < -0.39 is 0 Å².